The molecule has 25 rings (SSSR count). The molecule has 5 unspecified atom stereocenters. The van der Waals surface area contributed by atoms with E-state index < -0.39 is 0 Å². The van der Waals surface area contributed by atoms with E-state index in [1.54, 1.807) is 0 Å². The Morgan fingerprint density at radius 3 is 1.07 bits per heavy atom. The molecule has 20 heterocycles. The van der Waals surface area contributed by atoms with Gasteiger partial charge in [-0.15, -0.1) is 0 Å². The summed E-state index contributed by atoms with van der Waals surface area (Å²) in [4.78, 5) is 80.2. The third-order valence-electron chi connectivity index (χ3n) is 32.2. The molecule has 5 aromatic carbocycles. The van der Waals surface area contributed by atoms with E-state index in [9.17, 15) is 39.6 Å². The molecule has 5 aromatic rings. The first-order valence-corrected chi connectivity index (χ1v) is 49.3. The molecule has 0 aliphatic carbocycles. The maximum absolute atomic E-state index is 12.9. The molecule has 10 atom stereocenters. The van der Waals surface area contributed by atoms with Gasteiger partial charge in [0.2, 0.25) is 11.8 Å². The van der Waals surface area contributed by atoms with E-state index >= 15 is 0 Å². The highest BCUT2D eigenvalue weighted by molar-refractivity contribution is 5.83. The van der Waals surface area contributed by atoms with Crippen LogP contribution in [0.3, 0.4) is 0 Å². The molecule has 20 fully saturated rings. The lowest BCUT2D eigenvalue weighted by Gasteiger charge is -2.52. The number of piperidine rings is 15. The van der Waals surface area contributed by atoms with Crippen LogP contribution in [-0.2, 0) is 46.5 Å². The summed E-state index contributed by atoms with van der Waals surface area (Å²) >= 11 is 0. The van der Waals surface area contributed by atoms with Gasteiger partial charge in [-0.3, -0.25) is 19.3 Å². The molecular formula is C101H152N17O8+3. The van der Waals surface area contributed by atoms with Gasteiger partial charge in [0, 0.05) is 186 Å². The summed E-state index contributed by atoms with van der Waals surface area (Å²) in [5.41, 5.74) is 6.96. The second-order valence-electron chi connectivity index (χ2n) is 41.1. The number of fused-ring (bicyclic) bond motifs is 15. The number of carbonyl (C=O) groups excluding carboxylic acids is 5. The Labute approximate surface area is 751 Å². The van der Waals surface area contributed by atoms with Crippen LogP contribution in [-0.4, -0.2) is 331 Å². The topological polar surface area (TPSA) is 253 Å². The minimum Gasteiger partial charge on any atom is -0.352 e. The van der Waals surface area contributed by atoms with Crippen LogP contribution in [0.2, 0.25) is 0 Å². The van der Waals surface area contributed by atoms with Gasteiger partial charge in [0.15, 0.2) is 6.04 Å². The van der Waals surface area contributed by atoms with Crippen LogP contribution in [0, 0.1) is 35.0 Å². The fourth-order valence-electron chi connectivity index (χ4n) is 23.9. The molecule has 0 saturated carbocycles. The molecule has 25 nitrogen and oxygen atoms in total. The summed E-state index contributed by atoms with van der Waals surface area (Å²) in [7, 11) is 0. The number of rotatable bonds is 25. The number of hydrogen-bond donors (Lipinski definition) is 10. The van der Waals surface area contributed by atoms with Crippen molar-refractivity contribution in [2.24, 2.45) is 35.0 Å². The third-order valence-corrected chi connectivity index (χ3v) is 32.2. The summed E-state index contributed by atoms with van der Waals surface area (Å²) in [6.07, 6.45) is 23.6. The van der Waals surface area contributed by atoms with Crippen LogP contribution in [0.15, 0.2) is 152 Å². The highest BCUT2D eigenvalue weighted by atomic mass is 16.6. The van der Waals surface area contributed by atoms with Gasteiger partial charge in [0.1, 0.15) is 52.4 Å². The zero-order chi connectivity index (χ0) is 86.9. The molecule has 686 valence electrons. The van der Waals surface area contributed by atoms with Crippen molar-refractivity contribution >= 4 is 29.8 Å². The Kier molecular flexibility index (Phi) is 31.7. The summed E-state index contributed by atoms with van der Waals surface area (Å²) in [5.74, 6) is 3.11. The molecule has 7 amide bonds. The molecule has 10 bridgehead atoms. The van der Waals surface area contributed by atoms with Crippen LogP contribution in [0.4, 0.5) is 9.59 Å². The summed E-state index contributed by atoms with van der Waals surface area (Å²) < 4.78 is 0.215. The highest BCUT2D eigenvalue weighted by Crippen LogP contribution is 2.47. The predicted octanol–water partition coefficient (Wildman–Crippen LogP) is 9.06. The monoisotopic (exact) mass is 1730 g/mol. The van der Waals surface area contributed by atoms with E-state index in [4.69, 9.17) is 0 Å². The van der Waals surface area contributed by atoms with Crippen molar-refractivity contribution < 1.29 is 53.5 Å². The van der Waals surface area contributed by atoms with E-state index in [0.29, 0.717) is 42.9 Å². The number of benzene rings is 5. The lowest BCUT2D eigenvalue weighted by atomic mass is 9.65. The number of carbonyl (C=O) groups is 5. The Balaban J connectivity index is 0.000000116. The Bertz CT molecular complexity index is 4220. The SMILES string of the molecule is CC12CC[N+](O)(CC1)CC2C(=O)N[C@H]1CCN(CCc2ccccc2)C1.O=C(NC1CN2CCC1CC2)N[C@H]1CCN(CCc2ccccc2)C1.O=C(NC1C[N+]2(O)CCC1CC2)N[C@H]1CCN(CCc2ccccc2)C1.O=C(N[C@H]1CCN(CCc2ccccc2)C1)C1CC2CCN1CC2.O=C(N[C@H]1CCN(CCc2ccccc2)C1)C1CC2CC[N+]1(O)CC2. The van der Waals surface area contributed by atoms with Crippen molar-refractivity contribution in [3.05, 3.63) is 179 Å². The highest BCUT2D eigenvalue weighted by Gasteiger charge is 2.57. The first-order chi connectivity index (χ1) is 61.2. The normalized spacial score (nSPS) is 34.2. The Morgan fingerprint density at radius 1 is 0.349 bits per heavy atom. The van der Waals surface area contributed by atoms with Gasteiger partial charge in [-0.2, -0.15) is 13.9 Å². The van der Waals surface area contributed by atoms with Gasteiger partial charge in [-0.25, -0.2) is 25.2 Å². The lowest BCUT2D eigenvalue weighted by Crippen LogP contribution is -2.67. The number of quaternary nitrogens is 3. The van der Waals surface area contributed by atoms with E-state index in [1.165, 1.54) is 66.6 Å². The quantitative estimate of drug-likeness (QED) is 0.0245. The van der Waals surface area contributed by atoms with E-state index in [1.807, 2.05) is 6.07 Å². The van der Waals surface area contributed by atoms with Gasteiger partial charge >= 0.3 is 12.1 Å². The van der Waals surface area contributed by atoms with Crippen molar-refractivity contribution in [1.82, 2.24) is 71.5 Å². The summed E-state index contributed by atoms with van der Waals surface area (Å²) in [6.45, 7) is 29.4. The standard InChI is InChI=1S/C21H31N3O2.C20H30N4O2.C20H30N4O.C20H29N3O2.C20H29N3O/c1-21-9-13-24(26,14-10-21)16-19(21)20(25)22-18-8-12-23(15-18)11-7-17-5-3-2-4-6-17;25-20(22-19-15-24(26)12-8-17(19)9-13-24)21-18-7-11-23(14-18)10-6-16-4-2-1-3-5-16;25-20(22-19-15-24-11-7-17(19)8-12-24)21-18-9-13-23(14-18)10-6-16-4-2-1-3-5-16;24-20(19-14-17-8-12-23(19,25)13-9-17)21-18-7-11-22(15-18)10-6-16-4-2-1-3-5-16;24-20(19-14-17-7-12-23(19)13-8-17)21-18-9-11-22(15-18)10-6-16-4-2-1-3-5-16/h2-6,18-19,26H,7-16H2,1H3;1-5,17-19,26H,6-15H2,(H-,21,22,25);1-5,17-19H,6-15H2,(H2,21,22,25);1-5,17-19,25H,6-15H2;1-5,17-19H,6-15H2,(H,21,24)/p+3/t18-,19?,21?,24?;17?,18-,19?,24?;18-,19?;17?,18-,19?,23?;18-,19?/m00000/s1. The number of likely N-dealkylation sites (tertiary alicyclic amines) is 5. The Hall–Kier alpha value is -7.47. The first-order valence-electron chi connectivity index (χ1n) is 49.3. The minimum atomic E-state index is -0.245. The largest absolute Gasteiger partial charge is 0.352 e. The van der Waals surface area contributed by atoms with Gasteiger partial charge in [0.25, 0.3) is 5.91 Å². The smallest absolute Gasteiger partial charge is 0.315 e. The molecule has 0 radical (unpaired) electrons. The van der Waals surface area contributed by atoms with Gasteiger partial charge in [-0.05, 0) is 179 Å². The molecule has 126 heavy (non-hydrogen) atoms. The third kappa shape index (κ3) is 25.6. The van der Waals surface area contributed by atoms with Crippen LogP contribution < -0.4 is 37.2 Å². The van der Waals surface area contributed by atoms with Crippen LogP contribution in [0.1, 0.15) is 144 Å². The second-order valence-corrected chi connectivity index (χ2v) is 41.1. The van der Waals surface area contributed by atoms with Gasteiger partial charge in [-0.1, -0.05) is 159 Å². The maximum Gasteiger partial charge on any atom is 0.315 e. The predicted molar refractivity (Wildman–Crippen MR) is 492 cm³/mol. The van der Waals surface area contributed by atoms with Crippen molar-refractivity contribution in [2.45, 2.75) is 203 Å². The molecule has 25 heteroatoms. The second kappa shape index (κ2) is 43.5. The molecule has 0 spiro atoms. The summed E-state index contributed by atoms with van der Waals surface area (Å²) in [6, 6.07) is 54.7. The average molecular weight is 1730 g/mol. The van der Waals surface area contributed by atoms with Crippen LogP contribution >= 0.6 is 0 Å². The average Bonchev–Trinajstić information content (AvgIpc) is 0.934. The first kappa shape index (κ1) is 91.8. The van der Waals surface area contributed by atoms with E-state index in [2.05, 4.69) is 224 Å². The maximum atomic E-state index is 12.9. The zero-order valence-electron chi connectivity index (χ0n) is 75.7. The van der Waals surface area contributed by atoms with Crippen molar-refractivity contribution in [3.63, 3.8) is 0 Å². The molecule has 20 aliphatic rings. The van der Waals surface area contributed by atoms with E-state index in [0.717, 1.165) is 279 Å². The lowest BCUT2D eigenvalue weighted by molar-refractivity contribution is -1.12. The number of nitrogens with one attached hydrogen (secondary N) is 7. The number of nitrogens with zero attached hydrogens (tertiary/aromatic N) is 10. The van der Waals surface area contributed by atoms with Crippen molar-refractivity contribution in [1.29, 1.82) is 0 Å². The van der Waals surface area contributed by atoms with Crippen LogP contribution in [0.25, 0.3) is 0 Å². The fraction of sp³-hybridized carbons (Fsp3) is 0.653. The molecule has 20 saturated heterocycles. The molecule has 10 N–H and O–H groups in total. The Morgan fingerprint density at radius 2 is 0.706 bits per heavy atom. The number of hydroxylamine groups is 9. The molecular weight excluding hydrogens is 1580 g/mol. The van der Waals surface area contributed by atoms with E-state index in [-0.39, 0.29) is 97.3 Å². The number of urea groups is 2. The van der Waals surface area contributed by atoms with Crippen LogP contribution in [0.5, 0.6) is 0 Å². The summed E-state index contributed by atoms with van der Waals surface area (Å²) in [5, 5.41) is 54.4. The minimum absolute atomic E-state index is 0.0211. The van der Waals surface area contributed by atoms with Crippen molar-refractivity contribution in [2.75, 3.05) is 183 Å². The molecule has 20 aliphatic heterocycles. The van der Waals surface area contributed by atoms with Gasteiger partial charge < -0.3 is 66.6 Å². The number of hydrogen-bond acceptors (Lipinski definition) is 15. The fourth-order valence-corrected chi connectivity index (χ4v) is 23.9. The molecule has 0 aromatic heterocycles. The number of amides is 7. The van der Waals surface area contributed by atoms with Crippen molar-refractivity contribution in [3.8, 4) is 0 Å². The zero-order valence-corrected chi connectivity index (χ0v) is 75.7. The van der Waals surface area contributed by atoms with Gasteiger partial charge in [0.05, 0.1) is 18.0 Å².